The topological polar surface area (TPSA) is 35.5 Å². The SMILES string of the molecule is CCOCC(=O)C1(C)CCCO1. The van der Waals surface area contributed by atoms with E-state index in [0.717, 1.165) is 12.8 Å². The van der Waals surface area contributed by atoms with E-state index in [9.17, 15) is 4.79 Å². The van der Waals surface area contributed by atoms with Crippen molar-refractivity contribution in [3.8, 4) is 0 Å². The Morgan fingerprint density at radius 1 is 1.67 bits per heavy atom. The largest absolute Gasteiger partial charge is 0.374 e. The van der Waals surface area contributed by atoms with Gasteiger partial charge in [0.25, 0.3) is 0 Å². The maximum absolute atomic E-state index is 11.5. The van der Waals surface area contributed by atoms with Crippen molar-refractivity contribution in [1.29, 1.82) is 0 Å². The third kappa shape index (κ3) is 2.05. The Balaban J connectivity index is 2.39. The highest BCUT2D eigenvalue weighted by Crippen LogP contribution is 2.25. The highest BCUT2D eigenvalue weighted by molar-refractivity contribution is 5.88. The molecule has 12 heavy (non-hydrogen) atoms. The van der Waals surface area contributed by atoms with Gasteiger partial charge in [0.1, 0.15) is 12.2 Å². The fourth-order valence-electron chi connectivity index (χ4n) is 1.35. The van der Waals surface area contributed by atoms with E-state index < -0.39 is 5.60 Å². The second-order valence-electron chi connectivity index (χ2n) is 3.24. The normalized spacial score (nSPS) is 29.2. The standard InChI is InChI=1S/C9H16O3/c1-3-11-7-8(10)9(2)5-4-6-12-9/h3-7H2,1-2H3. The molecular weight excluding hydrogens is 156 g/mol. The highest BCUT2D eigenvalue weighted by Gasteiger charge is 2.36. The minimum atomic E-state index is -0.560. The summed E-state index contributed by atoms with van der Waals surface area (Å²) in [6.07, 6.45) is 1.81. The summed E-state index contributed by atoms with van der Waals surface area (Å²) in [4.78, 5) is 11.5. The molecule has 70 valence electrons. The van der Waals surface area contributed by atoms with Gasteiger partial charge >= 0.3 is 0 Å². The molecule has 1 rings (SSSR count). The van der Waals surface area contributed by atoms with Crippen LogP contribution in [0.4, 0.5) is 0 Å². The molecule has 0 aromatic heterocycles. The first-order valence-corrected chi connectivity index (χ1v) is 4.44. The number of hydrogen-bond acceptors (Lipinski definition) is 3. The van der Waals surface area contributed by atoms with E-state index in [2.05, 4.69) is 0 Å². The predicted octanol–water partition coefficient (Wildman–Crippen LogP) is 1.16. The van der Waals surface area contributed by atoms with Gasteiger partial charge in [-0.25, -0.2) is 0 Å². The third-order valence-electron chi connectivity index (χ3n) is 2.25. The Kier molecular flexibility index (Phi) is 3.23. The number of carbonyl (C=O) groups excluding carboxylic acids is 1. The Morgan fingerprint density at radius 2 is 2.42 bits per heavy atom. The van der Waals surface area contributed by atoms with Gasteiger partial charge in [0.15, 0.2) is 5.78 Å². The van der Waals surface area contributed by atoms with Gasteiger partial charge in [-0.1, -0.05) is 0 Å². The van der Waals surface area contributed by atoms with Crippen LogP contribution < -0.4 is 0 Å². The molecule has 0 aromatic rings. The van der Waals surface area contributed by atoms with Crippen LogP contribution in [0.5, 0.6) is 0 Å². The number of rotatable bonds is 4. The molecule has 0 N–H and O–H groups in total. The molecule has 0 bridgehead atoms. The van der Waals surface area contributed by atoms with E-state index in [0.29, 0.717) is 13.2 Å². The number of Topliss-reactive ketones (excluding diaryl/α,β-unsaturated/α-hetero) is 1. The molecular formula is C9H16O3. The second kappa shape index (κ2) is 4.01. The van der Waals surface area contributed by atoms with Crippen molar-refractivity contribution >= 4 is 5.78 Å². The van der Waals surface area contributed by atoms with Crippen LogP contribution in [0.15, 0.2) is 0 Å². The zero-order valence-electron chi connectivity index (χ0n) is 7.76. The van der Waals surface area contributed by atoms with E-state index in [1.807, 2.05) is 13.8 Å². The molecule has 1 heterocycles. The molecule has 1 atom stereocenters. The van der Waals surface area contributed by atoms with E-state index in [1.54, 1.807) is 0 Å². The molecule has 1 unspecified atom stereocenters. The lowest BCUT2D eigenvalue weighted by Crippen LogP contribution is -2.37. The van der Waals surface area contributed by atoms with E-state index in [4.69, 9.17) is 9.47 Å². The summed E-state index contributed by atoms with van der Waals surface area (Å²) >= 11 is 0. The quantitative estimate of drug-likeness (QED) is 0.638. The molecule has 1 saturated heterocycles. The molecule has 1 fully saturated rings. The monoisotopic (exact) mass is 172 g/mol. The zero-order valence-corrected chi connectivity index (χ0v) is 7.76. The fourth-order valence-corrected chi connectivity index (χ4v) is 1.35. The Hall–Kier alpha value is -0.410. The summed E-state index contributed by atoms with van der Waals surface area (Å²) in [6.45, 7) is 5.20. The van der Waals surface area contributed by atoms with Crippen LogP contribution in [0, 0.1) is 0 Å². The molecule has 3 heteroatoms. The van der Waals surface area contributed by atoms with Crippen molar-refractivity contribution in [2.75, 3.05) is 19.8 Å². The summed E-state index contributed by atoms with van der Waals surface area (Å²) in [7, 11) is 0. The number of hydrogen-bond donors (Lipinski definition) is 0. The van der Waals surface area contributed by atoms with Gasteiger partial charge in [0.2, 0.25) is 0 Å². The summed E-state index contributed by atoms with van der Waals surface area (Å²) in [5.74, 6) is 0.0712. The van der Waals surface area contributed by atoms with Crippen LogP contribution in [-0.4, -0.2) is 31.2 Å². The highest BCUT2D eigenvalue weighted by atomic mass is 16.5. The number of ether oxygens (including phenoxy) is 2. The maximum Gasteiger partial charge on any atom is 0.189 e. The molecule has 1 aliphatic rings. The van der Waals surface area contributed by atoms with Crippen LogP contribution in [-0.2, 0) is 14.3 Å². The Morgan fingerprint density at radius 3 is 2.92 bits per heavy atom. The van der Waals surface area contributed by atoms with Gasteiger partial charge in [-0.2, -0.15) is 0 Å². The minimum Gasteiger partial charge on any atom is -0.374 e. The van der Waals surface area contributed by atoms with Crippen molar-refractivity contribution in [3.63, 3.8) is 0 Å². The molecule has 0 aromatic carbocycles. The number of carbonyl (C=O) groups is 1. The molecule has 0 radical (unpaired) electrons. The van der Waals surface area contributed by atoms with E-state index >= 15 is 0 Å². The average molecular weight is 172 g/mol. The molecule has 1 aliphatic heterocycles. The predicted molar refractivity (Wildman–Crippen MR) is 45.1 cm³/mol. The van der Waals surface area contributed by atoms with Crippen LogP contribution in [0.25, 0.3) is 0 Å². The summed E-state index contributed by atoms with van der Waals surface area (Å²) in [5.41, 5.74) is -0.560. The molecule has 0 spiro atoms. The first-order valence-electron chi connectivity index (χ1n) is 4.44. The van der Waals surface area contributed by atoms with E-state index in [1.165, 1.54) is 0 Å². The zero-order chi connectivity index (χ0) is 9.03. The lowest BCUT2D eigenvalue weighted by Gasteiger charge is -2.20. The smallest absolute Gasteiger partial charge is 0.189 e. The van der Waals surface area contributed by atoms with E-state index in [-0.39, 0.29) is 12.4 Å². The molecule has 0 aliphatic carbocycles. The molecule has 3 nitrogen and oxygen atoms in total. The van der Waals surface area contributed by atoms with Crippen LogP contribution in [0.2, 0.25) is 0 Å². The van der Waals surface area contributed by atoms with Crippen LogP contribution in [0.1, 0.15) is 26.7 Å². The second-order valence-corrected chi connectivity index (χ2v) is 3.24. The van der Waals surface area contributed by atoms with Crippen molar-refractivity contribution in [2.45, 2.75) is 32.3 Å². The van der Waals surface area contributed by atoms with Crippen molar-refractivity contribution < 1.29 is 14.3 Å². The Bertz CT molecular complexity index is 159. The fraction of sp³-hybridized carbons (Fsp3) is 0.889. The summed E-state index contributed by atoms with van der Waals surface area (Å²) < 4.78 is 10.4. The van der Waals surface area contributed by atoms with Crippen molar-refractivity contribution in [3.05, 3.63) is 0 Å². The molecule has 0 amide bonds. The maximum atomic E-state index is 11.5. The first kappa shape index (κ1) is 9.68. The number of ketones is 1. The van der Waals surface area contributed by atoms with Gasteiger partial charge in [-0.3, -0.25) is 4.79 Å². The third-order valence-corrected chi connectivity index (χ3v) is 2.25. The lowest BCUT2D eigenvalue weighted by atomic mass is 9.98. The van der Waals surface area contributed by atoms with Crippen molar-refractivity contribution in [1.82, 2.24) is 0 Å². The first-order chi connectivity index (χ1) is 5.69. The summed E-state index contributed by atoms with van der Waals surface area (Å²) in [6, 6.07) is 0. The minimum absolute atomic E-state index is 0.0712. The summed E-state index contributed by atoms with van der Waals surface area (Å²) in [5, 5.41) is 0. The van der Waals surface area contributed by atoms with Gasteiger partial charge in [0, 0.05) is 13.2 Å². The molecule has 0 saturated carbocycles. The van der Waals surface area contributed by atoms with Crippen LogP contribution in [0.3, 0.4) is 0 Å². The van der Waals surface area contributed by atoms with Crippen molar-refractivity contribution in [2.24, 2.45) is 0 Å². The van der Waals surface area contributed by atoms with Gasteiger partial charge in [-0.05, 0) is 26.7 Å². The average Bonchev–Trinajstić information content (AvgIpc) is 2.49. The van der Waals surface area contributed by atoms with Crippen LogP contribution >= 0.6 is 0 Å². The van der Waals surface area contributed by atoms with Gasteiger partial charge in [0.05, 0.1) is 0 Å². The van der Waals surface area contributed by atoms with Gasteiger partial charge in [-0.15, -0.1) is 0 Å². The van der Waals surface area contributed by atoms with Gasteiger partial charge < -0.3 is 9.47 Å². The lowest BCUT2D eigenvalue weighted by molar-refractivity contribution is -0.141. The Labute approximate surface area is 73.0 Å².